The van der Waals surface area contributed by atoms with Gasteiger partial charge in [-0.05, 0) is 13.3 Å². The molecule has 4 nitrogen and oxygen atoms in total. The smallest absolute Gasteiger partial charge is 0.309 e. The number of aryl methyl sites for hydroxylation is 1. The summed E-state index contributed by atoms with van der Waals surface area (Å²) in [5, 5.41) is 0. The van der Waals surface area contributed by atoms with Crippen LogP contribution in [0.3, 0.4) is 0 Å². The number of hydrogen-bond donors (Lipinski definition) is 0. The summed E-state index contributed by atoms with van der Waals surface area (Å²) in [6.07, 6.45) is 5.27. The Balaban J connectivity index is 2.04. The van der Waals surface area contributed by atoms with E-state index < -0.39 is 0 Å². The second-order valence-corrected chi connectivity index (χ2v) is 3.52. The van der Waals surface area contributed by atoms with Crippen LogP contribution >= 0.6 is 0 Å². The molecule has 1 aromatic heterocycles. The summed E-state index contributed by atoms with van der Waals surface area (Å²) in [5.74, 6) is -0.0425. The maximum atomic E-state index is 11.5. The van der Waals surface area contributed by atoms with Crippen molar-refractivity contribution in [2.45, 2.75) is 26.3 Å². The van der Waals surface area contributed by atoms with Crippen LogP contribution in [0.25, 0.3) is 0 Å². The number of fused-ring (bicyclic) bond motifs is 1. The summed E-state index contributed by atoms with van der Waals surface area (Å²) in [6, 6.07) is 0. The number of carbonyl (C=O) groups excluding carboxylic acids is 1. The predicted octanol–water partition coefficient (Wildman–Crippen LogP) is 1.01. The molecule has 0 bridgehead atoms. The van der Waals surface area contributed by atoms with E-state index in [1.165, 1.54) is 0 Å². The topological polar surface area (TPSA) is 44.1 Å². The number of carbonyl (C=O) groups is 1. The molecule has 1 aliphatic rings. The molecule has 0 aromatic carbocycles. The molecule has 1 aromatic rings. The fourth-order valence-corrected chi connectivity index (χ4v) is 1.83. The summed E-state index contributed by atoms with van der Waals surface area (Å²) in [5.41, 5.74) is 1.13. The number of nitrogens with zero attached hydrogens (tertiary/aromatic N) is 2. The molecule has 0 N–H and O–H groups in total. The molecule has 0 saturated heterocycles. The van der Waals surface area contributed by atoms with Gasteiger partial charge in [-0.3, -0.25) is 4.79 Å². The zero-order chi connectivity index (χ0) is 9.97. The highest BCUT2D eigenvalue weighted by molar-refractivity contribution is 5.72. The Morgan fingerprint density at radius 2 is 2.64 bits per heavy atom. The van der Waals surface area contributed by atoms with Crippen molar-refractivity contribution in [1.82, 2.24) is 9.55 Å². The molecule has 1 unspecified atom stereocenters. The number of aromatic nitrogens is 2. The predicted molar refractivity (Wildman–Crippen MR) is 50.7 cm³/mol. The molecule has 0 saturated carbocycles. The van der Waals surface area contributed by atoms with Crippen LogP contribution in [0.2, 0.25) is 0 Å². The van der Waals surface area contributed by atoms with Crippen LogP contribution in [0, 0.1) is 5.92 Å². The lowest BCUT2D eigenvalue weighted by atomic mass is 9.96. The Kier molecular flexibility index (Phi) is 2.52. The molecule has 0 radical (unpaired) electrons. The zero-order valence-corrected chi connectivity index (χ0v) is 8.27. The van der Waals surface area contributed by atoms with E-state index in [2.05, 4.69) is 9.55 Å². The second-order valence-electron chi connectivity index (χ2n) is 3.52. The van der Waals surface area contributed by atoms with Gasteiger partial charge in [0.1, 0.15) is 0 Å². The van der Waals surface area contributed by atoms with Gasteiger partial charge in [0.05, 0.1) is 18.9 Å². The van der Waals surface area contributed by atoms with Crippen molar-refractivity contribution >= 4 is 5.97 Å². The van der Waals surface area contributed by atoms with E-state index in [0.717, 1.165) is 25.1 Å². The van der Waals surface area contributed by atoms with E-state index >= 15 is 0 Å². The molecule has 1 aliphatic heterocycles. The molecule has 14 heavy (non-hydrogen) atoms. The highest BCUT2D eigenvalue weighted by atomic mass is 16.5. The highest BCUT2D eigenvalue weighted by Gasteiger charge is 2.25. The standard InChI is InChI=1S/C10H14N2O2/c1-2-14-10(13)8-3-4-12-7-11-6-9(12)5-8/h6-8H,2-5H2,1H3. The maximum Gasteiger partial charge on any atom is 0.309 e. The molecule has 0 aliphatic carbocycles. The number of rotatable bonds is 2. The molecule has 2 rings (SSSR count). The van der Waals surface area contributed by atoms with Gasteiger partial charge in [-0.1, -0.05) is 0 Å². The van der Waals surface area contributed by atoms with Crippen LogP contribution in [0.15, 0.2) is 12.5 Å². The lowest BCUT2D eigenvalue weighted by Crippen LogP contribution is -2.26. The van der Waals surface area contributed by atoms with E-state index in [-0.39, 0.29) is 11.9 Å². The fraction of sp³-hybridized carbons (Fsp3) is 0.600. The average molecular weight is 194 g/mol. The lowest BCUT2D eigenvalue weighted by molar-refractivity contribution is -0.148. The summed E-state index contributed by atoms with van der Waals surface area (Å²) in [4.78, 5) is 15.5. The molecule has 2 heterocycles. The van der Waals surface area contributed by atoms with Gasteiger partial charge >= 0.3 is 5.97 Å². The first-order valence-corrected chi connectivity index (χ1v) is 4.97. The van der Waals surface area contributed by atoms with Crippen molar-refractivity contribution in [3.63, 3.8) is 0 Å². The fourth-order valence-electron chi connectivity index (χ4n) is 1.83. The van der Waals surface area contributed by atoms with Crippen LogP contribution in [-0.4, -0.2) is 22.1 Å². The summed E-state index contributed by atoms with van der Waals surface area (Å²) >= 11 is 0. The van der Waals surface area contributed by atoms with Crippen molar-refractivity contribution in [2.75, 3.05) is 6.61 Å². The third-order valence-electron chi connectivity index (χ3n) is 2.59. The van der Waals surface area contributed by atoms with E-state index in [0.29, 0.717) is 6.61 Å². The van der Waals surface area contributed by atoms with E-state index in [9.17, 15) is 4.79 Å². The Labute approximate surface area is 82.9 Å². The first-order chi connectivity index (χ1) is 6.81. The molecule has 0 amide bonds. The van der Waals surface area contributed by atoms with E-state index in [1.807, 2.05) is 19.4 Å². The molecular formula is C10H14N2O2. The van der Waals surface area contributed by atoms with Gasteiger partial charge in [0.15, 0.2) is 0 Å². The van der Waals surface area contributed by atoms with Gasteiger partial charge < -0.3 is 9.30 Å². The summed E-state index contributed by atoms with van der Waals surface area (Å²) in [6.45, 7) is 3.18. The number of hydrogen-bond acceptors (Lipinski definition) is 3. The molecule has 76 valence electrons. The van der Waals surface area contributed by atoms with Gasteiger partial charge in [-0.25, -0.2) is 4.98 Å². The molecule has 4 heteroatoms. The minimum atomic E-state index is -0.0695. The number of imidazole rings is 1. The Bertz CT molecular complexity index is 333. The van der Waals surface area contributed by atoms with Crippen molar-refractivity contribution in [1.29, 1.82) is 0 Å². The van der Waals surface area contributed by atoms with Gasteiger partial charge in [0, 0.05) is 24.9 Å². The van der Waals surface area contributed by atoms with Crippen LogP contribution < -0.4 is 0 Å². The first kappa shape index (κ1) is 9.24. The first-order valence-electron chi connectivity index (χ1n) is 4.97. The average Bonchev–Trinajstić information content (AvgIpc) is 2.64. The molecular weight excluding hydrogens is 180 g/mol. The second kappa shape index (κ2) is 3.82. The Morgan fingerprint density at radius 3 is 3.43 bits per heavy atom. The maximum absolute atomic E-state index is 11.5. The minimum Gasteiger partial charge on any atom is -0.466 e. The van der Waals surface area contributed by atoms with Crippen LogP contribution in [0.1, 0.15) is 19.0 Å². The normalized spacial score (nSPS) is 20.2. The lowest BCUT2D eigenvalue weighted by Gasteiger charge is -2.21. The van der Waals surface area contributed by atoms with Crippen molar-refractivity contribution in [3.05, 3.63) is 18.2 Å². The van der Waals surface area contributed by atoms with Gasteiger partial charge in [-0.15, -0.1) is 0 Å². The largest absolute Gasteiger partial charge is 0.466 e. The molecule has 1 atom stereocenters. The third-order valence-corrected chi connectivity index (χ3v) is 2.59. The monoisotopic (exact) mass is 194 g/mol. The van der Waals surface area contributed by atoms with Crippen molar-refractivity contribution in [2.24, 2.45) is 5.92 Å². The van der Waals surface area contributed by atoms with Gasteiger partial charge in [0.2, 0.25) is 0 Å². The number of ether oxygens (including phenoxy) is 1. The zero-order valence-electron chi connectivity index (χ0n) is 8.27. The van der Waals surface area contributed by atoms with Gasteiger partial charge in [-0.2, -0.15) is 0 Å². The van der Waals surface area contributed by atoms with Crippen LogP contribution in [-0.2, 0) is 22.5 Å². The van der Waals surface area contributed by atoms with Crippen molar-refractivity contribution in [3.8, 4) is 0 Å². The molecule has 0 fully saturated rings. The summed E-state index contributed by atoms with van der Waals surface area (Å²) in [7, 11) is 0. The molecule has 0 spiro atoms. The van der Waals surface area contributed by atoms with Crippen LogP contribution in [0.4, 0.5) is 0 Å². The highest BCUT2D eigenvalue weighted by Crippen LogP contribution is 2.20. The minimum absolute atomic E-state index is 0.0270. The Morgan fingerprint density at radius 1 is 1.79 bits per heavy atom. The summed E-state index contributed by atoms with van der Waals surface area (Å²) < 4.78 is 7.10. The Hall–Kier alpha value is -1.32. The quantitative estimate of drug-likeness (QED) is 0.660. The van der Waals surface area contributed by atoms with Gasteiger partial charge in [0.25, 0.3) is 0 Å². The van der Waals surface area contributed by atoms with E-state index in [1.54, 1.807) is 0 Å². The van der Waals surface area contributed by atoms with Crippen molar-refractivity contribution < 1.29 is 9.53 Å². The van der Waals surface area contributed by atoms with E-state index in [4.69, 9.17) is 4.74 Å². The number of esters is 1. The van der Waals surface area contributed by atoms with Crippen LogP contribution in [0.5, 0.6) is 0 Å². The third kappa shape index (κ3) is 1.64. The SMILES string of the molecule is CCOC(=O)C1CCn2cncc2C1.